The minimum atomic E-state index is -1.05. The second kappa shape index (κ2) is 11.4. The van der Waals surface area contributed by atoms with Gasteiger partial charge < -0.3 is 19.3 Å². The molecule has 2 unspecified atom stereocenters. The Morgan fingerprint density at radius 2 is 1.84 bits per heavy atom. The van der Waals surface area contributed by atoms with Crippen molar-refractivity contribution in [1.29, 1.82) is 0 Å². The largest absolute Gasteiger partial charge is 0.507 e. The van der Waals surface area contributed by atoms with Gasteiger partial charge in [-0.1, -0.05) is 41.7 Å². The molecule has 3 heterocycles. The minimum absolute atomic E-state index is 0.00735. The van der Waals surface area contributed by atoms with E-state index in [9.17, 15) is 19.5 Å². The van der Waals surface area contributed by atoms with Crippen LogP contribution in [0.15, 0.2) is 78.4 Å². The van der Waals surface area contributed by atoms with E-state index in [4.69, 9.17) is 14.2 Å². The average molecular weight is 597 g/mol. The number of thiazole rings is 1. The lowest BCUT2D eigenvalue weighted by Crippen LogP contribution is -2.29. The normalized spacial score (nSPS) is 18.8. The van der Waals surface area contributed by atoms with Crippen LogP contribution in [0, 0.1) is 6.92 Å². The molecular weight excluding hydrogens is 568 g/mol. The van der Waals surface area contributed by atoms with Gasteiger partial charge in [0.1, 0.15) is 34.0 Å². The van der Waals surface area contributed by atoms with Gasteiger partial charge in [0.15, 0.2) is 5.13 Å². The van der Waals surface area contributed by atoms with Crippen molar-refractivity contribution < 1.29 is 33.7 Å². The molecule has 2 aliphatic heterocycles. The van der Waals surface area contributed by atoms with Gasteiger partial charge in [-0.2, -0.15) is 0 Å². The zero-order valence-corrected chi connectivity index (χ0v) is 24.5. The number of aromatic nitrogens is 1. The van der Waals surface area contributed by atoms with Gasteiger partial charge in [-0.3, -0.25) is 14.5 Å². The van der Waals surface area contributed by atoms with Crippen molar-refractivity contribution in [3.05, 3.63) is 106 Å². The summed E-state index contributed by atoms with van der Waals surface area (Å²) in [6.45, 7) is 5.47. The molecule has 0 bridgehead atoms. The Hall–Kier alpha value is -4.96. The Labute approximate surface area is 252 Å². The van der Waals surface area contributed by atoms with E-state index in [-0.39, 0.29) is 34.1 Å². The van der Waals surface area contributed by atoms with Crippen LogP contribution < -0.4 is 14.4 Å². The standard InChI is InChI=1S/C33H28N2O7S/c1-4-40-32(39)30-19(3)34-33(43-30)35-27(20-9-8-12-24(17-20)42-23-10-6-5-7-11-23)26(29(37)31(35)38)28(36)21-13-14-25-22(16-21)15-18(2)41-25/h5-14,16-18,27,36H,4,15H2,1-3H3/b28-26+. The number of Topliss-reactive ketones (excluding diaryl/α,β-unsaturated/α-hetero) is 1. The predicted octanol–water partition coefficient (Wildman–Crippen LogP) is 6.37. The van der Waals surface area contributed by atoms with E-state index in [0.29, 0.717) is 34.7 Å². The molecular formula is C33H28N2O7S. The summed E-state index contributed by atoms with van der Waals surface area (Å²) in [6.07, 6.45) is 0.648. The fraction of sp³-hybridized carbons (Fsp3) is 0.212. The first-order chi connectivity index (χ1) is 20.7. The number of ketones is 1. The third-order valence-electron chi connectivity index (χ3n) is 7.22. The maximum Gasteiger partial charge on any atom is 0.350 e. The molecule has 43 heavy (non-hydrogen) atoms. The first-order valence-corrected chi connectivity index (χ1v) is 14.6. The van der Waals surface area contributed by atoms with Crippen LogP contribution >= 0.6 is 11.3 Å². The molecule has 6 rings (SSSR count). The molecule has 0 aliphatic carbocycles. The van der Waals surface area contributed by atoms with E-state index >= 15 is 0 Å². The smallest absolute Gasteiger partial charge is 0.350 e. The molecule has 0 radical (unpaired) electrons. The monoisotopic (exact) mass is 596 g/mol. The number of anilines is 1. The summed E-state index contributed by atoms with van der Waals surface area (Å²) < 4.78 is 17.0. The first kappa shape index (κ1) is 28.2. The lowest BCUT2D eigenvalue weighted by Gasteiger charge is -2.23. The topological polar surface area (TPSA) is 115 Å². The number of amides is 1. The number of para-hydroxylation sites is 1. The highest BCUT2D eigenvalue weighted by Gasteiger charge is 2.48. The summed E-state index contributed by atoms with van der Waals surface area (Å²) in [7, 11) is 0. The van der Waals surface area contributed by atoms with Crippen molar-refractivity contribution >= 4 is 39.9 Å². The van der Waals surface area contributed by atoms with Gasteiger partial charge in [0.05, 0.1) is 23.9 Å². The van der Waals surface area contributed by atoms with E-state index in [2.05, 4.69) is 4.98 Å². The number of carbonyl (C=O) groups excluding carboxylic acids is 3. The zero-order valence-electron chi connectivity index (χ0n) is 23.7. The quantitative estimate of drug-likeness (QED) is 0.113. The number of fused-ring (bicyclic) bond motifs is 1. The van der Waals surface area contributed by atoms with E-state index in [1.165, 1.54) is 4.90 Å². The van der Waals surface area contributed by atoms with Gasteiger partial charge in [-0.15, -0.1) is 0 Å². The maximum atomic E-state index is 13.7. The second-order valence-electron chi connectivity index (χ2n) is 10.2. The summed E-state index contributed by atoms with van der Waals surface area (Å²) >= 11 is 0.957. The molecule has 218 valence electrons. The van der Waals surface area contributed by atoms with E-state index in [0.717, 1.165) is 22.6 Å². The number of aliphatic hydroxyl groups excluding tert-OH is 1. The number of esters is 1. The van der Waals surface area contributed by atoms with Crippen molar-refractivity contribution in [2.75, 3.05) is 11.5 Å². The number of hydrogen-bond acceptors (Lipinski definition) is 9. The van der Waals surface area contributed by atoms with Crippen LogP contribution in [0.2, 0.25) is 0 Å². The van der Waals surface area contributed by atoms with Gasteiger partial charge in [0.2, 0.25) is 0 Å². The molecule has 4 aromatic rings. The third kappa shape index (κ3) is 5.25. The molecule has 1 fully saturated rings. The second-order valence-corrected chi connectivity index (χ2v) is 11.2. The number of aryl methyl sites for hydroxylation is 1. The van der Waals surface area contributed by atoms with Gasteiger partial charge in [0.25, 0.3) is 5.78 Å². The predicted molar refractivity (Wildman–Crippen MR) is 161 cm³/mol. The van der Waals surface area contributed by atoms with Crippen molar-refractivity contribution in [3.63, 3.8) is 0 Å². The van der Waals surface area contributed by atoms with Gasteiger partial charge in [0, 0.05) is 12.0 Å². The number of rotatable bonds is 7. The van der Waals surface area contributed by atoms with Crippen LogP contribution in [0.5, 0.6) is 17.2 Å². The Morgan fingerprint density at radius 3 is 2.60 bits per heavy atom. The summed E-state index contributed by atoms with van der Waals surface area (Å²) in [5, 5.41) is 11.8. The highest BCUT2D eigenvalue weighted by Crippen LogP contribution is 2.45. The SMILES string of the molecule is CCOC(=O)c1sc(N2C(=O)C(=O)/C(=C(/O)c3ccc4c(c3)CC(C)O4)C2c2cccc(Oc3ccccc3)c2)nc1C. The molecule has 1 saturated heterocycles. The zero-order chi connectivity index (χ0) is 30.2. The van der Waals surface area contributed by atoms with Crippen molar-refractivity contribution in [2.45, 2.75) is 39.3 Å². The van der Waals surface area contributed by atoms with Crippen molar-refractivity contribution in [2.24, 2.45) is 0 Å². The summed E-state index contributed by atoms with van der Waals surface area (Å²) in [5.74, 6) is -0.822. The number of aliphatic hydroxyl groups is 1. The molecule has 1 N–H and O–H groups in total. The third-order valence-corrected chi connectivity index (χ3v) is 8.36. The van der Waals surface area contributed by atoms with Crippen molar-refractivity contribution in [1.82, 2.24) is 4.98 Å². The first-order valence-electron chi connectivity index (χ1n) is 13.8. The molecule has 1 aromatic heterocycles. The summed E-state index contributed by atoms with van der Waals surface area (Å²) in [5.41, 5.74) is 2.07. The minimum Gasteiger partial charge on any atom is -0.507 e. The van der Waals surface area contributed by atoms with Crippen molar-refractivity contribution in [3.8, 4) is 17.2 Å². The number of ether oxygens (including phenoxy) is 3. The Morgan fingerprint density at radius 1 is 1.07 bits per heavy atom. The Bertz CT molecular complexity index is 1780. The number of hydrogen-bond donors (Lipinski definition) is 1. The lowest BCUT2D eigenvalue weighted by atomic mass is 9.94. The van der Waals surface area contributed by atoms with E-state index < -0.39 is 23.7 Å². The van der Waals surface area contributed by atoms with E-state index in [1.54, 1.807) is 56.3 Å². The average Bonchev–Trinajstić information content (AvgIpc) is 3.65. The van der Waals surface area contributed by atoms with Gasteiger partial charge in [-0.25, -0.2) is 9.78 Å². The number of carbonyl (C=O) groups is 3. The molecule has 2 atom stereocenters. The van der Waals surface area contributed by atoms with E-state index in [1.807, 2.05) is 37.3 Å². The van der Waals surface area contributed by atoms with Gasteiger partial charge in [-0.05, 0) is 74.4 Å². The van der Waals surface area contributed by atoms with Crippen LogP contribution in [-0.4, -0.2) is 40.5 Å². The van der Waals surface area contributed by atoms with Gasteiger partial charge >= 0.3 is 11.9 Å². The molecule has 10 heteroatoms. The highest BCUT2D eigenvalue weighted by molar-refractivity contribution is 7.17. The lowest BCUT2D eigenvalue weighted by molar-refractivity contribution is -0.132. The molecule has 1 amide bonds. The Balaban J connectivity index is 1.49. The fourth-order valence-corrected chi connectivity index (χ4v) is 6.30. The molecule has 2 aliphatic rings. The Kier molecular flexibility index (Phi) is 7.45. The number of benzene rings is 3. The van der Waals surface area contributed by atoms with Crippen LogP contribution in [0.3, 0.4) is 0 Å². The maximum absolute atomic E-state index is 13.7. The van der Waals surface area contributed by atoms with Crippen LogP contribution in [0.25, 0.3) is 5.76 Å². The summed E-state index contributed by atoms with van der Waals surface area (Å²) in [6, 6.07) is 20.3. The molecule has 3 aromatic carbocycles. The highest BCUT2D eigenvalue weighted by atomic mass is 32.1. The molecule has 9 nitrogen and oxygen atoms in total. The van der Waals surface area contributed by atoms with Crippen LogP contribution in [0.4, 0.5) is 5.13 Å². The van der Waals surface area contributed by atoms with Crippen LogP contribution in [0.1, 0.15) is 51.9 Å². The summed E-state index contributed by atoms with van der Waals surface area (Å²) in [4.78, 5) is 45.9. The molecule has 0 spiro atoms. The van der Waals surface area contributed by atoms with Crippen LogP contribution in [-0.2, 0) is 20.7 Å². The number of nitrogens with zero attached hydrogens (tertiary/aromatic N) is 2. The molecule has 0 saturated carbocycles. The fourth-order valence-electron chi connectivity index (χ4n) is 5.31.